The Bertz CT molecular complexity index is 1000. The first-order valence-electron chi connectivity index (χ1n) is 8.81. The van der Waals surface area contributed by atoms with Gasteiger partial charge in [-0.05, 0) is 61.4 Å². The van der Waals surface area contributed by atoms with Crippen molar-refractivity contribution in [1.29, 1.82) is 0 Å². The van der Waals surface area contributed by atoms with Gasteiger partial charge >= 0.3 is 6.09 Å². The third-order valence-corrected chi connectivity index (χ3v) is 6.34. The van der Waals surface area contributed by atoms with Crippen LogP contribution in [0.5, 0.6) is 0 Å². The number of hydrogen-bond donors (Lipinski definition) is 1. The second kappa shape index (κ2) is 9.06. The maximum absolute atomic E-state index is 12.7. The molecule has 2 aromatic carbocycles. The SMILES string of the molecule is COC(=O)N(C)c1ccc(NC(=O)CN(C)S(=O)(=O)c2ccc(C)c(C)c2)cc1. The number of nitrogens with one attached hydrogen (secondary N) is 1. The minimum absolute atomic E-state index is 0.145. The summed E-state index contributed by atoms with van der Waals surface area (Å²) in [5.41, 5.74) is 2.92. The normalized spacial score (nSPS) is 11.2. The van der Waals surface area contributed by atoms with Gasteiger partial charge in [0.2, 0.25) is 15.9 Å². The van der Waals surface area contributed by atoms with Gasteiger partial charge in [0.05, 0.1) is 18.6 Å². The molecule has 0 unspecified atom stereocenters. The van der Waals surface area contributed by atoms with Gasteiger partial charge < -0.3 is 10.1 Å². The standard InChI is InChI=1S/C20H25N3O5S/c1-14-6-11-18(12-15(14)2)29(26,27)22(3)13-19(24)21-16-7-9-17(10-8-16)23(4)20(25)28-5/h6-12H,13H2,1-5H3,(H,21,24). The van der Waals surface area contributed by atoms with E-state index in [1.165, 1.54) is 25.1 Å². The smallest absolute Gasteiger partial charge is 0.413 e. The number of aryl methyl sites for hydroxylation is 2. The zero-order valence-corrected chi connectivity index (χ0v) is 17.9. The molecule has 8 nitrogen and oxygen atoms in total. The number of rotatable bonds is 6. The van der Waals surface area contributed by atoms with Crippen LogP contribution in [-0.4, -0.2) is 52.5 Å². The molecule has 2 amide bonds. The number of likely N-dealkylation sites (N-methyl/N-ethyl adjacent to an activating group) is 1. The van der Waals surface area contributed by atoms with Crippen LogP contribution in [0.2, 0.25) is 0 Å². The van der Waals surface area contributed by atoms with E-state index < -0.39 is 22.0 Å². The first-order chi connectivity index (χ1) is 13.6. The van der Waals surface area contributed by atoms with Crippen LogP contribution < -0.4 is 10.2 Å². The Morgan fingerprint density at radius 1 is 1.00 bits per heavy atom. The van der Waals surface area contributed by atoms with Crippen molar-refractivity contribution in [2.45, 2.75) is 18.7 Å². The quantitative estimate of drug-likeness (QED) is 0.777. The fraction of sp³-hybridized carbons (Fsp3) is 0.300. The average molecular weight is 420 g/mol. The Morgan fingerprint density at radius 3 is 2.17 bits per heavy atom. The van der Waals surface area contributed by atoms with E-state index in [1.807, 2.05) is 13.8 Å². The molecular weight excluding hydrogens is 394 g/mol. The molecule has 29 heavy (non-hydrogen) atoms. The molecule has 0 aromatic heterocycles. The number of hydrogen-bond acceptors (Lipinski definition) is 5. The number of nitrogens with zero attached hydrogens (tertiary/aromatic N) is 2. The summed E-state index contributed by atoms with van der Waals surface area (Å²) in [7, 11) is 0.427. The third kappa shape index (κ3) is 5.33. The van der Waals surface area contributed by atoms with Gasteiger partial charge in [-0.15, -0.1) is 0 Å². The van der Waals surface area contributed by atoms with E-state index in [1.54, 1.807) is 43.4 Å². The molecule has 0 saturated heterocycles. The summed E-state index contributed by atoms with van der Waals surface area (Å²) in [5.74, 6) is -0.478. The van der Waals surface area contributed by atoms with E-state index in [-0.39, 0.29) is 11.4 Å². The monoisotopic (exact) mass is 419 g/mol. The molecule has 9 heteroatoms. The van der Waals surface area contributed by atoms with Crippen molar-refractivity contribution < 1.29 is 22.7 Å². The second-order valence-corrected chi connectivity index (χ2v) is 8.68. The van der Waals surface area contributed by atoms with Crippen molar-refractivity contribution in [1.82, 2.24) is 4.31 Å². The zero-order valence-electron chi connectivity index (χ0n) is 17.1. The van der Waals surface area contributed by atoms with Gasteiger partial charge in [-0.25, -0.2) is 13.2 Å². The predicted molar refractivity (Wildman–Crippen MR) is 112 cm³/mol. The minimum Gasteiger partial charge on any atom is -0.452 e. The van der Waals surface area contributed by atoms with Gasteiger partial charge in [-0.1, -0.05) is 6.07 Å². The number of carbonyl (C=O) groups is 2. The third-order valence-electron chi connectivity index (χ3n) is 4.54. The van der Waals surface area contributed by atoms with Gasteiger partial charge in [0.25, 0.3) is 0 Å². The maximum atomic E-state index is 12.7. The van der Waals surface area contributed by atoms with Gasteiger partial charge in [-0.3, -0.25) is 9.69 Å². The number of ether oxygens (including phenoxy) is 1. The van der Waals surface area contributed by atoms with Crippen LogP contribution in [-0.2, 0) is 19.6 Å². The van der Waals surface area contributed by atoms with Crippen LogP contribution in [0.4, 0.5) is 16.2 Å². The van der Waals surface area contributed by atoms with E-state index in [0.29, 0.717) is 11.4 Å². The Kier molecular flexibility index (Phi) is 6.99. The summed E-state index contributed by atoms with van der Waals surface area (Å²) in [5, 5.41) is 2.65. The Labute approximate surface area is 171 Å². The van der Waals surface area contributed by atoms with Crippen LogP contribution in [0.1, 0.15) is 11.1 Å². The fourth-order valence-corrected chi connectivity index (χ4v) is 3.77. The molecule has 0 aliphatic carbocycles. The Balaban J connectivity index is 2.04. The topological polar surface area (TPSA) is 96.0 Å². The van der Waals surface area contributed by atoms with Crippen molar-refractivity contribution >= 4 is 33.4 Å². The highest BCUT2D eigenvalue weighted by atomic mass is 32.2. The first-order valence-corrected chi connectivity index (χ1v) is 10.3. The molecule has 2 rings (SSSR count). The second-order valence-electron chi connectivity index (χ2n) is 6.63. The Morgan fingerprint density at radius 2 is 1.62 bits per heavy atom. The van der Waals surface area contributed by atoms with Gasteiger partial charge in [-0.2, -0.15) is 4.31 Å². The number of sulfonamides is 1. The summed E-state index contributed by atoms with van der Waals surface area (Å²) in [4.78, 5) is 25.3. The molecular formula is C20H25N3O5S. The lowest BCUT2D eigenvalue weighted by atomic mass is 10.1. The summed E-state index contributed by atoms with van der Waals surface area (Å²) in [6.45, 7) is 3.40. The summed E-state index contributed by atoms with van der Waals surface area (Å²) in [6.07, 6.45) is -0.514. The molecule has 0 aliphatic rings. The lowest BCUT2D eigenvalue weighted by Gasteiger charge is -2.18. The lowest BCUT2D eigenvalue weighted by Crippen LogP contribution is -2.35. The van der Waals surface area contributed by atoms with E-state index in [9.17, 15) is 18.0 Å². The maximum Gasteiger partial charge on any atom is 0.413 e. The highest BCUT2D eigenvalue weighted by molar-refractivity contribution is 7.89. The summed E-state index contributed by atoms with van der Waals surface area (Å²) < 4.78 is 31.0. The average Bonchev–Trinajstić information content (AvgIpc) is 2.69. The number of amides is 2. The molecule has 0 aliphatic heterocycles. The lowest BCUT2D eigenvalue weighted by molar-refractivity contribution is -0.116. The van der Waals surface area contributed by atoms with Gasteiger partial charge in [0, 0.05) is 25.5 Å². The molecule has 0 fully saturated rings. The predicted octanol–water partition coefficient (Wildman–Crippen LogP) is 2.77. The van der Waals surface area contributed by atoms with Gasteiger partial charge in [0.15, 0.2) is 0 Å². The highest BCUT2D eigenvalue weighted by Gasteiger charge is 2.23. The number of benzene rings is 2. The summed E-state index contributed by atoms with van der Waals surface area (Å²) >= 11 is 0. The van der Waals surface area contributed by atoms with Crippen molar-refractivity contribution in [2.75, 3.05) is 38.0 Å². The minimum atomic E-state index is -3.78. The molecule has 1 N–H and O–H groups in total. The molecule has 0 saturated carbocycles. The molecule has 0 heterocycles. The molecule has 0 spiro atoms. The van der Waals surface area contributed by atoms with E-state index in [4.69, 9.17) is 0 Å². The number of anilines is 2. The fourth-order valence-electron chi connectivity index (χ4n) is 2.55. The number of methoxy groups -OCH3 is 1. The van der Waals surface area contributed by atoms with Crippen LogP contribution >= 0.6 is 0 Å². The van der Waals surface area contributed by atoms with Crippen LogP contribution in [0.25, 0.3) is 0 Å². The summed E-state index contributed by atoms with van der Waals surface area (Å²) in [6, 6.07) is 11.4. The zero-order chi connectivity index (χ0) is 21.8. The van der Waals surface area contributed by atoms with Crippen LogP contribution in [0, 0.1) is 13.8 Å². The van der Waals surface area contributed by atoms with E-state index >= 15 is 0 Å². The van der Waals surface area contributed by atoms with Crippen molar-refractivity contribution in [3.63, 3.8) is 0 Å². The molecule has 0 atom stereocenters. The Hall–Kier alpha value is -2.91. The molecule has 0 bridgehead atoms. The highest BCUT2D eigenvalue weighted by Crippen LogP contribution is 2.19. The van der Waals surface area contributed by atoms with Crippen molar-refractivity contribution in [3.05, 3.63) is 53.6 Å². The van der Waals surface area contributed by atoms with Crippen LogP contribution in [0.15, 0.2) is 47.4 Å². The van der Waals surface area contributed by atoms with Crippen LogP contribution in [0.3, 0.4) is 0 Å². The van der Waals surface area contributed by atoms with Crippen molar-refractivity contribution in [2.24, 2.45) is 0 Å². The van der Waals surface area contributed by atoms with Gasteiger partial charge in [0.1, 0.15) is 0 Å². The number of carbonyl (C=O) groups excluding carboxylic acids is 2. The molecule has 0 radical (unpaired) electrons. The molecule has 156 valence electrons. The van der Waals surface area contributed by atoms with E-state index in [2.05, 4.69) is 10.1 Å². The first kappa shape index (κ1) is 22.4. The van der Waals surface area contributed by atoms with Crippen molar-refractivity contribution in [3.8, 4) is 0 Å². The van der Waals surface area contributed by atoms with E-state index in [0.717, 1.165) is 15.4 Å². The molecule has 2 aromatic rings. The largest absolute Gasteiger partial charge is 0.452 e.